The number of methoxy groups -OCH3 is 1. The van der Waals surface area contributed by atoms with Gasteiger partial charge in [-0.3, -0.25) is 18.6 Å². The number of benzene rings is 3. The summed E-state index contributed by atoms with van der Waals surface area (Å²) in [6.07, 6.45) is 2.61. The Kier molecular flexibility index (Phi) is 6.70. The molecule has 1 fully saturated rings. The maximum atomic E-state index is 14.1. The highest BCUT2D eigenvalue weighted by molar-refractivity contribution is 6.33. The van der Waals surface area contributed by atoms with Crippen LogP contribution in [0.1, 0.15) is 29.8 Å². The van der Waals surface area contributed by atoms with E-state index in [0.29, 0.717) is 34.6 Å². The highest BCUT2D eigenvalue weighted by atomic mass is 35.5. The molecule has 0 unspecified atom stereocenters. The molecule has 1 N–H and O–H groups in total. The van der Waals surface area contributed by atoms with Gasteiger partial charge in [0.05, 0.1) is 31.3 Å². The van der Waals surface area contributed by atoms with Gasteiger partial charge < -0.3 is 9.84 Å². The van der Waals surface area contributed by atoms with Gasteiger partial charge in [0.1, 0.15) is 17.5 Å². The third-order valence-electron chi connectivity index (χ3n) is 7.38. The highest BCUT2D eigenvalue weighted by Gasteiger charge is 2.42. The Labute approximate surface area is 241 Å². The number of aryl methyl sites for hydroxylation is 1. The fourth-order valence-electron chi connectivity index (χ4n) is 5.03. The van der Waals surface area contributed by atoms with Gasteiger partial charge in [-0.25, -0.2) is 22.9 Å². The molecule has 0 radical (unpaired) electrons. The van der Waals surface area contributed by atoms with Crippen LogP contribution in [0.5, 0.6) is 5.75 Å². The van der Waals surface area contributed by atoms with Crippen molar-refractivity contribution in [2.75, 3.05) is 7.11 Å². The lowest BCUT2D eigenvalue weighted by atomic mass is 9.98. The summed E-state index contributed by atoms with van der Waals surface area (Å²) in [6.45, 7) is -0.711. The zero-order valence-electron chi connectivity index (χ0n) is 22.4. The minimum absolute atomic E-state index is 0.00735. The summed E-state index contributed by atoms with van der Waals surface area (Å²) >= 11 is 6.56. The van der Waals surface area contributed by atoms with Crippen molar-refractivity contribution in [2.24, 2.45) is 7.05 Å². The molecule has 2 heterocycles. The van der Waals surface area contributed by atoms with Crippen molar-refractivity contribution in [3.05, 3.63) is 109 Å². The first-order chi connectivity index (χ1) is 20.0. The predicted molar refractivity (Wildman–Crippen MR) is 148 cm³/mol. The van der Waals surface area contributed by atoms with Crippen LogP contribution in [0.25, 0.3) is 22.0 Å². The van der Waals surface area contributed by atoms with Crippen molar-refractivity contribution >= 4 is 22.5 Å². The van der Waals surface area contributed by atoms with Gasteiger partial charge in [0, 0.05) is 17.6 Å². The molecule has 6 rings (SSSR count). The molecule has 9 nitrogen and oxygen atoms in total. The van der Waals surface area contributed by atoms with Gasteiger partial charge in [-0.1, -0.05) is 17.7 Å². The van der Waals surface area contributed by atoms with Crippen LogP contribution in [0.2, 0.25) is 5.02 Å². The van der Waals surface area contributed by atoms with E-state index < -0.39 is 40.8 Å². The van der Waals surface area contributed by atoms with Crippen LogP contribution >= 0.6 is 11.6 Å². The van der Waals surface area contributed by atoms with Gasteiger partial charge in [-0.2, -0.15) is 5.10 Å². The maximum Gasteiger partial charge on any atom is 0.332 e. The number of fused-ring (bicyclic) bond motifs is 1. The van der Waals surface area contributed by atoms with Crippen molar-refractivity contribution in [3.8, 4) is 16.9 Å². The van der Waals surface area contributed by atoms with Gasteiger partial charge >= 0.3 is 5.69 Å². The van der Waals surface area contributed by atoms with Crippen molar-refractivity contribution < 1.29 is 23.0 Å². The van der Waals surface area contributed by atoms with Crippen molar-refractivity contribution in [1.29, 1.82) is 0 Å². The first-order valence-electron chi connectivity index (χ1n) is 12.8. The monoisotopic (exact) mass is 597 g/mol. The zero-order valence-corrected chi connectivity index (χ0v) is 23.1. The number of hydrogen-bond donors (Lipinski definition) is 1. The molecule has 42 heavy (non-hydrogen) atoms. The number of rotatable bonds is 7. The van der Waals surface area contributed by atoms with Gasteiger partial charge in [0.15, 0.2) is 23.3 Å². The summed E-state index contributed by atoms with van der Waals surface area (Å²) in [5.41, 5.74) is -0.821. The molecule has 1 saturated carbocycles. The molecule has 0 bridgehead atoms. The number of hydrogen-bond acceptors (Lipinski definition) is 6. The molecule has 5 aromatic rings. The molecule has 216 valence electrons. The van der Waals surface area contributed by atoms with E-state index in [1.165, 1.54) is 18.1 Å². The van der Waals surface area contributed by atoms with E-state index in [2.05, 4.69) is 10.1 Å². The molecule has 0 atom stereocenters. The lowest BCUT2D eigenvalue weighted by Crippen LogP contribution is -2.41. The Bertz CT molecular complexity index is 1990. The Morgan fingerprint density at radius 1 is 1.02 bits per heavy atom. The third-order valence-corrected chi connectivity index (χ3v) is 7.71. The number of ether oxygens (including phenoxy) is 1. The number of aliphatic hydroxyl groups is 1. The molecule has 1 aliphatic carbocycles. The average molecular weight is 598 g/mol. The topological polar surface area (TPSA) is 104 Å². The van der Waals surface area contributed by atoms with Crippen LogP contribution in [0.15, 0.2) is 58.4 Å². The summed E-state index contributed by atoms with van der Waals surface area (Å²) in [4.78, 5) is 31.7. The second kappa shape index (κ2) is 10.1. The van der Waals surface area contributed by atoms with Crippen molar-refractivity contribution in [2.45, 2.75) is 31.5 Å². The lowest BCUT2D eigenvalue weighted by molar-refractivity contribution is 0.151. The van der Waals surface area contributed by atoms with Gasteiger partial charge in [-0.15, -0.1) is 0 Å². The minimum atomic E-state index is -1.64. The largest absolute Gasteiger partial charge is 0.496 e. The zero-order chi connectivity index (χ0) is 29.9. The van der Waals surface area contributed by atoms with E-state index in [0.717, 1.165) is 21.3 Å². The molecule has 0 amide bonds. The summed E-state index contributed by atoms with van der Waals surface area (Å²) < 4.78 is 51.1. The fraction of sp³-hybridized carbons (Fsp3) is 0.241. The lowest BCUT2D eigenvalue weighted by Gasteiger charge is -2.18. The first-order valence-corrected chi connectivity index (χ1v) is 13.2. The van der Waals surface area contributed by atoms with Crippen LogP contribution in [0, 0.1) is 17.5 Å². The van der Waals surface area contributed by atoms with E-state index >= 15 is 0 Å². The summed E-state index contributed by atoms with van der Waals surface area (Å²) in [7, 11) is 2.98. The predicted octanol–water partition coefficient (Wildman–Crippen LogP) is 4.12. The van der Waals surface area contributed by atoms with Crippen molar-refractivity contribution in [3.63, 3.8) is 0 Å². The number of aromatic nitrogens is 5. The van der Waals surface area contributed by atoms with Gasteiger partial charge in [0.2, 0.25) is 0 Å². The van der Waals surface area contributed by atoms with E-state index in [1.807, 2.05) is 0 Å². The Morgan fingerprint density at radius 2 is 1.74 bits per heavy atom. The summed E-state index contributed by atoms with van der Waals surface area (Å²) in [5.74, 6) is -4.20. The summed E-state index contributed by atoms with van der Waals surface area (Å²) in [5, 5.41) is 15.2. The molecular weight excluding hydrogens is 575 g/mol. The smallest absolute Gasteiger partial charge is 0.332 e. The second-order valence-corrected chi connectivity index (χ2v) is 10.7. The molecule has 0 spiro atoms. The van der Waals surface area contributed by atoms with E-state index in [4.69, 9.17) is 16.3 Å². The Morgan fingerprint density at radius 3 is 2.36 bits per heavy atom. The number of halogens is 4. The van der Waals surface area contributed by atoms with Crippen molar-refractivity contribution in [1.82, 2.24) is 23.9 Å². The van der Waals surface area contributed by atoms with E-state index in [9.17, 15) is 27.9 Å². The first kappa shape index (κ1) is 27.7. The molecule has 1 aliphatic rings. The van der Waals surface area contributed by atoms with Crippen LogP contribution in [-0.4, -0.2) is 36.1 Å². The normalized spacial score (nSPS) is 14.0. The molecule has 3 aromatic carbocycles. The highest BCUT2D eigenvalue weighted by Crippen LogP contribution is 2.47. The van der Waals surface area contributed by atoms with Crippen LogP contribution in [0.4, 0.5) is 13.2 Å². The average Bonchev–Trinajstić information content (AvgIpc) is 3.58. The summed E-state index contributed by atoms with van der Waals surface area (Å²) in [6, 6.07) is 9.80. The van der Waals surface area contributed by atoms with E-state index in [1.54, 1.807) is 37.4 Å². The standard InChI is InChI=1S/C29H23ClF3N5O4/c1-36-14-34-24(35-36)13-38-27(39)25-22(37(28(38)40)12-15-7-20(31)26(33)21(32)8-15)9-16(10-23(25)42-2)18-11-17(3-4-19(18)30)29(41)5-6-29/h3-4,7-11,14,41H,5-6,12-13H2,1-2H3. The molecule has 2 aromatic heterocycles. The van der Waals surface area contributed by atoms with Crippen LogP contribution in [0.3, 0.4) is 0 Å². The maximum absolute atomic E-state index is 14.1. The van der Waals surface area contributed by atoms with Gasteiger partial charge in [0.25, 0.3) is 5.56 Å². The molecule has 0 aliphatic heterocycles. The quantitative estimate of drug-likeness (QED) is 0.283. The molecule has 0 saturated heterocycles. The fourth-order valence-corrected chi connectivity index (χ4v) is 5.26. The van der Waals surface area contributed by atoms with E-state index in [-0.39, 0.29) is 34.6 Å². The minimum Gasteiger partial charge on any atom is -0.496 e. The Balaban J connectivity index is 1.63. The van der Waals surface area contributed by atoms with Crippen LogP contribution < -0.4 is 16.0 Å². The van der Waals surface area contributed by atoms with Crippen LogP contribution in [-0.2, 0) is 25.7 Å². The molecule has 13 heteroatoms. The number of nitrogens with zero attached hydrogens (tertiary/aromatic N) is 5. The second-order valence-electron chi connectivity index (χ2n) is 10.3. The SMILES string of the molecule is COc1cc(-c2cc(C3(O)CC3)ccc2Cl)cc2c1c(=O)n(Cc1ncn(C)n1)c(=O)n2Cc1cc(F)c(F)c(F)c1. The third kappa shape index (κ3) is 4.76. The van der Waals surface area contributed by atoms with Gasteiger partial charge in [-0.05, 0) is 65.9 Å². The molecular formula is C29H23ClF3N5O4. The Hall–Kier alpha value is -4.42.